The van der Waals surface area contributed by atoms with Crippen molar-refractivity contribution in [2.45, 2.75) is 27.3 Å². The molecule has 0 saturated heterocycles. The SMILES string of the molecule is Cc1cc(C)c(CNc2ccccc2[N+](=O)[O-])c(C)c1. The van der Waals surface area contributed by atoms with Crippen molar-refractivity contribution in [2.75, 3.05) is 5.32 Å². The quantitative estimate of drug-likeness (QED) is 0.671. The van der Waals surface area contributed by atoms with E-state index in [2.05, 4.69) is 38.2 Å². The summed E-state index contributed by atoms with van der Waals surface area (Å²) in [4.78, 5) is 10.6. The molecule has 0 aliphatic rings. The van der Waals surface area contributed by atoms with Crippen molar-refractivity contribution in [2.24, 2.45) is 0 Å². The second kappa shape index (κ2) is 5.74. The van der Waals surface area contributed by atoms with Gasteiger partial charge in [-0.1, -0.05) is 29.8 Å². The maximum atomic E-state index is 11.0. The van der Waals surface area contributed by atoms with Crippen LogP contribution in [0.2, 0.25) is 0 Å². The van der Waals surface area contributed by atoms with Crippen LogP contribution in [0.5, 0.6) is 0 Å². The zero-order valence-electron chi connectivity index (χ0n) is 11.9. The molecule has 0 amide bonds. The average Bonchev–Trinajstić information content (AvgIpc) is 2.37. The molecule has 0 heterocycles. The van der Waals surface area contributed by atoms with Crippen molar-refractivity contribution in [1.82, 2.24) is 0 Å². The maximum absolute atomic E-state index is 11.0. The monoisotopic (exact) mass is 270 g/mol. The van der Waals surface area contributed by atoms with Crippen molar-refractivity contribution in [1.29, 1.82) is 0 Å². The lowest BCUT2D eigenvalue weighted by Crippen LogP contribution is -2.05. The Morgan fingerprint density at radius 3 is 2.30 bits per heavy atom. The van der Waals surface area contributed by atoms with E-state index in [4.69, 9.17) is 0 Å². The molecule has 0 unspecified atom stereocenters. The summed E-state index contributed by atoms with van der Waals surface area (Å²) in [6, 6.07) is 11.0. The van der Waals surface area contributed by atoms with Gasteiger partial charge in [0, 0.05) is 12.6 Å². The molecule has 0 aromatic heterocycles. The summed E-state index contributed by atoms with van der Waals surface area (Å²) < 4.78 is 0. The van der Waals surface area contributed by atoms with Gasteiger partial charge in [0.25, 0.3) is 5.69 Å². The molecule has 0 aliphatic carbocycles. The first-order valence-corrected chi connectivity index (χ1v) is 6.53. The lowest BCUT2D eigenvalue weighted by Gasteiger charge is -2.13. The molecule has 2 rings (SSSR count). The molecule has 104 valence electrons. The molecule has 2 aromatic carbocycles. The Kier molecular flexibility index (Phi) is 4.03. The summed E-state index contributed by atoms with van der Waals surface area (Å²) in [6.07, 6.45) is 0. The van der Waals surface area contributed by atoms with Crippen molar-refractivity contribution in [3.8, 4) is 0 Å². The number of rotatable bonds is 4. The van der Waals surface area contributed by atoms with Gasteiger partial charge in [0.15, 0.2) is 0 Å². The summed E-state index contributed by atoms with van der Waals surface area (Å²) >= 11 is 0. The fourth-order valence-electron chi connectivity index (χ4n) is 2.45. The molecule has 0 aliphatic heterocycles. The molecule has 4 heteroatoms. The molecule has 0 spiro atoms. The maximum Gasteiger partial charge on any atom is 0.292 e. The van der Waals surface area contributed by atoms with Gasteiger partial charge in [-0.2, -0.15) is 0 Å². The van der Waals surface area contributed by atoms with Crippen LogP contribution >= 0.6 is 0 Å². The predicted octanol–water partition coefficient (Wildman–Crippen LogP) is 4.13. The minimum atomic E-state index is -0.364. The second-order valence-corrected chi connectivity index (χ2v) is 5.01. The average molecular weight is 270 g/mol. The normalized spacial score (nSPS) is 10.3. The molecular weight excluding hydrogens is 252 g/mol. The number of anilines is 1. The van der Waals surface area contributed by atoms with Gasteiger partial charge in [0.2, 0.25) is 0 Å². The van der Waals surface area contributed by atoms with E-state index >= 15 is 0 Å². The van der Waals surface area contributed by atoms with E-state index in [1.807, 2.05) is 0 Å². The third-order valence-electron chi connectivity index (χ3n) is 3.40. The van der Waals surface area contributed by atoms with E-state index in [9.17, 15) is 10.1 Å². The zero-order valence-corrected chi connectivity index (χ0v) is 11.9. The van der Waals surface area contributed by atoms with Crippen molar-refractivity contribution < 1.29 is 4.92 Å². The molecule has 4 nitrogen and oxygen atoms in total. The van der Waals surface area contributed by atoms with Gasteiger partial charge in [0.05, 0.1) is 4.92 Å². The Bertz CT molecular complexity index is 628. The first kappa shape index (κ1) is 14.1. The summed E-state index contributed by atoms with van der Waals surface area (Å²) in [6.45, 7) is 6.79. The zero-order chi connectivity index (χ0) is 14.7. The summed E-state index contributed by atoms with van der Waals surface area (Å²) in [5.41, 5.74) is 5.48. The van der Waals surface area contributed by atoms with E-state index < -0.39 is 0 Å². The van der Waals surface area contributed by atoms with Crippen LogP contribution in [0.4, 0.5) is 11.4 Å². The number of hydrogen-bond acceptors (Lipinski definition) is 3. The molecule has 0 radical (unpaired) electrons. The van der Waals surface area contributed by atoms with Crippen molar-refractivity contribution in [3.05, 3.63) is 68.8 Å². The minimum absolute atomic E-state index is 0.106. The number of nitro groups is 1. The number of benzene rings is 2. The number of nitrogens with one attached hydrogen (secondary N) is 1. The minimum Gasteiger partial charge on any atom is -0.375 e. The lowest BCUT2D eigenvalue weighted by molar-refractivity contribution is -0.384. The largest absolute Gasteiger partial charge is 0.375 e. The van der Waals surface area contributed by atoms with Crippen molar-refractivity contribution in [3.63, 3.8) is 0 Å². The highest BCUT2D eigenvalue weighted by molar-refractivity contribution is 5.61. The standard InChI is InChI=1S/C16H18N2O2/c1-11-8-12(2)14(13(3)9-11)10-17-15-6-4-5-7-16(15)18(19)20/h4-9,17H,10H2,1-3H3. The molecule has 2 aromatic rings. The van der Waals surface area contributed by atoms with E-state index in [1.54, 1.807) is 18.2 Å². The van der Waals surface area contributed by atoms with Crippen LogP contribution in [0.25, 0.3) is 0 Å². The smallest absolute Gasteiger partial charge is 0.292 e. The summed E-state index contributed by atoms with van der Waals surface area (Å²) in [5.74, 6) is 0. The first-order valence-electron chi connectivity index (χ1n) is 6.53. The highest BCUT2D eigenvalue weighted by Crippen LogP contribution is 2.25. The van der Waals surface area contributed by atoms with Crippen LogP contribution in [0, 0.1) is 30.9 Å². The fourth-order valence-corrected chi connectivity index (χ4v) is 2.45. The van der Waals surface area contributed by atoms with Crippen LogP contribution in [0.15, 0.2) is 36.4 Å². The Balaban J connectivity index is 2.24. The van der Waals surface area contributed by atoms with Gasteiger partial charge in [-0.3, -0.25) is 10.1 Å². The number of hydrogen-bond donors (Lipinski definition) is 1. The molecule has 0 atom stereocenters. The van der Waals surface area contributed by atoms with Gasteiger partial charge in [-0.25, -0.2) is 0 Å². The van der Waals surface area contributed by atoms with Gasteiger partial charge < -0.3 is 5.32 Å². The van der Waals surface area contributed by atoms with Crippen LogP contribution in [-0.4, -0.2) is 4.92 Å². The van der Waals surface area contributed by atoms with Gasteiger partial charge in [-0.05, 0) is 43.5 Å². The van der Waals surface area contributed by atoms with Crippen LogP contribution in [-0.2, 0) is 6.54 Å². The number of nitro benzene ring substituents is 1. The molecule has 0 saturated carbocycles. The van der Waals surface area contributed by atoms with Crippen LogP contribution < -0.4 is 5.32 Å². The number of para-hydroxylation sites is 2. The molecular formula is C16H18N2O2. The molecule has 1 N–H and O–H groups in total. The summed E-state index contributed by atoms with van der Waals surface area (Å²) in [5, 5.41) is 14.1. The third-order valence-corrected chi connectivity index (χ3v) is 3.40. The Morgan fingerprint density at radius 2 is 1.70 bits per heavy atom. The van der Waals surface area contributed by atoms with Crippen LogP contribution in [0.1, 0.15) is 22.3 Å². The summed E-state index contributed by atoms with van der Waals surface area (Å²) in [7, 11) is 0. The third kappa shape index (κ3) is 2.96. The van der Waals surface area contributed by atoms with Crippen molar-refractivity contribution >= 4 is 11.4 Å². The number of aryl methyl sites for hydroxylation is 3. The van der Waals surface area contributed by atoms with E-state index in [0.29, 0.717) is 12.2 Å². The Labute approximate surface area is 118 Å². The van der Waals surface area contributed by atoms with Crippen LogP contribution in [0.3, 0.4) is 0 Å². The predicted molar refractivity (Wildman–Crippen MR) is 81.1 cm³/mol. The molecule has 20 heavy (non-hydrogen) atoms. The van der Waals surface area contributed by atoms with Gasteiger partial charge >= 0.3 is 0 Å². The molecule has 0 bridgehead atoms. The van der Waals surface area contributed by atoms with E-state index in [1.165, 1.54) is 28.3 Å². The number of nitrogens with zero attached hydrogens (tertiary/aromatic N) is 1. The van der Waals surface area contributed by atoms with Gasteiger partial charge in [0.1, 0.15) is 5.69 Å². The Morgan fingerprint density at radius 1 is 1.10 bits per heavy atom. The van der Waals surface area contributed by atoms with E-state index in [-0.39, 0.29) is 10.6 Å². The highest BCUT2D eigenvalue weighted by atomic mass is 16.6. The molecule has 0 fully saturated rings. The topological polar surface area (TPSA) is 55.2 Å². The highest BCUT2D eigenvalue weighted by Gasteiger charge is 2.12. The van der Waals surface area contributed by atoms with E-state index in [0.717, 1.165) is 0 Å². The fraction of sp³-hybridized carbons (Fsp3) is 0.250. The second-order valence-electron chi connectivity index (χ2n) is 5.01. The van der Waals surface area contributed by atoms with Gasteiger partial charge in [-0.15, -0.1) is 0 Å². The first-order chi connectivity index (χ1) is 9.49. The Hall–Kier alpha value is -2.36. The lowest BCUT2D eigenvalue weighted by atomic mass is 10.00.